The molecule has 16 heavy (non-hydrogen) atoms. The number of β-lactam (4-membered cyclic amide) rings is 1. The molecule has 0 bridgehead atoms. The number of carbonyl (C=O) groups is 1. The van der Waals surface area contributed by atoms with Crippen molar-refractivity contribution < 1.29 is 4.79 Å². The average molecular weight is 212 g/mol. The molecule has 1 amide bonds. The Morgan fingerprint density at radius 2 is 1.81 bits per heavy atom. The van der Waals surface area contributed by atoms with Crippen LogP contribution in [0.5, 0.6) is 0 Å². The van der Waals surface area contributed by atoms with E-state index in [4.69, 9.17) is 5.73 Å². The van der Waals surface area contributed by atoms with Gasteiger partial charge < -0.3 is 11.1 Å². The molecule has 2 atom stereocenters. The van der Waals surface area contributed by atoms with E-state index in [0.717, 1.165) is 10.9 Å². The van der Waals surface area contributed by atoms with Gasteiger partial charge in [0.1, 0.15) is 6.04 Å². The third kappa shape index (κ3) is 1.22. The van der Waals surface area contributed by atoms with Crippen molar-refractivity contribution in [3.63, 3.8) is 0 Å². The summed E-state index contributed by atoms with van der Waals surface area (Å²) in [5.41, 5.74) is 6.88. The summed E-state index contributed by atoms with van der Waals surface area (Å²) in [5.74, 6) is -0.0714. The van der Waals surface area contributed by atoms with Gasteiger partial charge >= 0.3 is 0 Å². The van der Waals surface area contributed by atoms with Gasteiger partial charge in [-0.1, -0.05) is 42.5 Å². The Balaban J connectivity index is 2.14. The van der Waals surface area contributed by atoms with Crippen LogP contribution in [-0.4, -0.2) is 11.9 Å². The molecule has 2 aromatic carbocycles. The van der Waals surface area contributed by atoms with E-state index in [1.54, 1.807) is 0 Å². The van der Waals surface area contributed by atoms with Crippen LogP contribution in [0.1, 0.15) is 11.6 Å². The summed E-state index contributed by atoms with van der Waals surface area (Å²) < 4.78 is 0. The lowest BCUT2D eigenvalue weighted by Gasteiger charge is -2.34. The first kappa shape index (κ1) is 9.36. The van der Waals surface area contributed by atoms with Crippen molar-refractivity contribution in [2.45, 2.75) is 12.1 Å². The fourth-order valence-corrected chi connectivity index (χ4v) is 2.19. The predicted octanol–water partition coefficient (Wildman–Crippen LogP) is 1.34. The van der Waals surface area contributed by atoms with Crippen molar-refractivity contribution in [1.29, 1.82) is 0 Å². The summed E-state index contributed by atoms with van der Waals surface area (Å²) >= 11 is 0. The van der Waals surface area contributed by atoms with E-state index >= 15 is 0 Å². The van der Waals surface area contributed by atoms with Crippen LogP contribution >= 0.6 is 0 Å². The Kier molecular flexibility index (Phi) is 1.94. The van der Waals surface area contributed by atoms with Gasteiger partial charge in [0.15, 0.2) is 0 Å². The number of amides is 1. The maximum absolute atomic E-state index is 11.1. The molecule has 1 fully saturated rings. The molecule has 3 heteroatoms. The number of benzene rings is 2. The van der Waals surface area contributed by atoms with Crippen LogP contribution in [0.2, 0.25) is 0 Å². The summed E-state index contributed by atoms with van der Waals surface area (Å²) in [6.07, 6.45) is 0. The second-order valence-corrected chi connectivity index (χ2v) is 4.08. The minimum atomic E-state index is -0.411. The molecule has 1 aliphatic rings. The summed E-state index contributed by atoms with van der Waals surface area (Å²) in [6.45, 7) is 0. The Morgan fingerprint density at radius 3 is 2.56 bits per heavy atom. The second kappa shape index (κ2) is 3.32. The van der Waals surface area contributed by atoms with Crippen molar-refractivity contribution in [2.24, 2.45) is 5.73 Å². The van der Waals surface area contributed by atoms with Crippen LogP contribution < -0.4 is 11.1 Å². The Morgan fingerprint density at radius 1 is 1.06 bits per heavy atom. The maximum Gasteiger partial charge on any atom is 0.239 e. The zero-order valence-electron chi connectivity index (χ0n) is 8.68. The molecule has 0 radical (unpaired) electrons. The minimum absolute atomic E-state index is 0.0430. The quantitative estimate of drug-likeness (QED) is 0.701. The highest BCUT2D eigenvalue weighted by atomic mass is 16.2. The van der Waals surface area contributed by atoms with Gasteiger partial charge in [0.25, 0.3) is 0 Å². The largest absolute Gasteiger partial charge is 0.346 e. The fraction of sp³-hybridized carbons (Fsp3) is 0.154. The predicted molar refractivity (Wildman–Crippen MR) is 62.8 cm³/mol. The van der Waals surface area contributed by atoms with E-state index in [9.17, 15) is 4.79 Å². The third-order valence-corrected chi connectivity index (χ3v) is 3.12. The van der Waals surface area contributed by atoms with Crippen molar-refractivity contribution in [1.82, 2.24) is 5.32 Å². The van der Waals surface area contributed by atoms with E-state index in [1.165, 1.54) is 5.39 Å². The summed E-state index contributed by atoms with van der Waals surface area (Å²) in [5, 5.41) is 5.17. The standard InChI is InChI=1S/C13H12N2O/c14-11-12(15-13(11)16)10-7-3-5-8-4-1-2-6-9(8)10/h1-7,11-12H,14H2,(H,15,16)/t11-,12-/m0/s1. The number of nitrogens with one attached hydrogen (secondary N) is 1. The zero-order valence-corrected chi connectivity index (χ0v) is 8.68. The smallest absolute Gasteiger partial charge is 0.239 e. The molecule has 0 saturated carbocycles. The van der Waals surface area contributed by atoms with Crippen molar-refractivity contribution in [3.05, 3.63) is 48.0 Å². The molecule has 2 aromatic rings. The first-order chi connectivity index (χ1) is 7.77. The molecular formula is C13H12N2O. The number of nitrogens with two attached hydrogens (primary N) is 1. The average Bonchev–Trinajstić information content (AvgIpc) is 2.35. The Bertz CT molecular complexity index is 559. The third-order valence-electron chi connectivity index (χ3n) is 3.12. The highest BCUT2D eigenvalue weighted by molar-refractivity contribution is 5.93. The lowest BCUT2D eigenvalue weighted by atomic mass is 9.89. The molecule has 3 N–H and O–H groups in total. The normalized spacial score (nSPS) is 23.9. The maximum atomic E-state index is 11.1. The van der Waals surface area contributed by atoms with E-state index in [-0.39, 0.29) is 11.9 Å². The van der Waals surface area contributed by atoms with E-state index in [1.807, 2.05) is 24.3 Å². The van der Waals surface area contributed by atoms with E-state index in [0.29, 0.717) is 0 Å². The lowest BCUT2D eigenvalue weighted by Crippen LogP contribution is -2.60. The molecule has 1 aliphatic heterocycles. The molecule has 1 saturated heterocycles. The van der Waals surface area contributed by atoms with Crippen molar-refractivity contribution in [3.8, 4) is 0 Å². The van der Waals surface area contributed by atoms with Gasteiger partial charge in [-0.3, -0.25) is 4.79 Å². The lowest BCUT2D eigenvalue weighted by molar-refractivity contribution is -0.130. The first-order valence-electron chi connectivity index (χ1n) is 5.31. The van der Waals surface area contributed by atoms with Crippen LogP contribution in [-0.2, 0) is 4.79 Å². The fourth-order valence-electron chi connectivity index (χ4n) is 2.19. The molecule has 0 aliphatic carbocycles. The van der Waals surface area contributed by atoms with Crippen molar-refractivity contribution in [2.75, 3.05) is 0 Å². The van der Waals surface area contributed by atoms with Crippen molar-refractivity contribution >= 4 is 16.7 Å². The minimum Gasteiger partial charge on any atom is -0.346 e. The Hall–Kier alpha value is -1.87. The van der Waals surface area contributed by atoms with Gasteiger partial charge in [-0.15, -0.1) is 0 Å². The van der Waals surface area contributed by atoms with Crippen LogP contribution in [0.25, 0.3) is 10.8 Å². The molecule has 1 heterocycles. The summed E-state index contributed by atoms with van der Waals surface area (Å²) in [6, 6.07) is 13.7. The van der Waals surface area contributed by atoms with E-state index < -0.39 is 6.04 Å². The van der Waals surface area contributed by atoms with Crippen LogP contribution in [0.15, 0.2) is 42.5 Å². The topological polar surface area (TPSA) is 55.1 Å². The number of rotatable bonds is 1. The number of fused-ring (bicyclic) bond motifs is 1. The van der Waals surface area contributed by atoms with Gasteiger partial charge in [-0.25, -0.2) is 0 Å². The molecular weight excluding hydrogens is 200 g/mol. The Labute approximate surface area is 93.3 Å². The van der Waals surface area contributed by atoms with Gasteiger partial charge in [0.2, 0.25) is 5.91 Å². The van der Waals surface area contributed by atoms with Crippen LogP contribution in [0.4, 0.5) is 0 Å². The molecule has 0 spiro atoms. The van der Waals surface area contributed by atoms with Crippen LogP contribution in [0.3, 0.4) is 0 Å². The molecule has 0 unspecified atom stereocenters. The SMILES string of the molecule is N[C@@H]1C(=O)N[C@H]1c1cccc2ccccc12. The number of hydrogen-bond acceptors (Lipinski definition) is 2. The van der Waals surface area contributed by atoms with E-state index in [2.05, 4.69) is 23.5 Å². The van der Waals surface area contributed by atoms with Gasteiger partial charge in [0.05, 0.1) is 6.04 Å². The molecule has 0 aromatic heterocycles. The zero-order chi connectivity index (χ0) is 11.1. The molecule has 3 rings (SSSR count). The molecule has 3 nitrogen and oxygen atoms in total. The summed E-state index contributed by atoms with van der Waals surface area (Å²) in [4.78, 5) is 11.1. The van der Waals surface area contributed by atoms with Gasteiger partial charge in [-0.2, -0.15) is 0 Å². The summed E-state index contributed by atoms with van der Waals surface area (Å²) in [7, 11) is 0. The first-order valence-corrected chi connectivity index (χ1v) is 5.31. The number of hydrogen-bond donors (Lipinski definition) is 2. The molecule has 80 valence electrons. The monoisotopic (exact) mass is 212 g/mol. The van der Waals surface area contributed by atoms with Crippen LogP contribution in [0, 0.1) is 0 Å². The number of carbonyl (C=O) groups excluding carboxylic acids is 1. The van der Waals surface area contributed by atoms with Gasteiger partial charge in [-0.05, 0) is 16.3 Å². The second-order valence-electron chi connectivity index (χ2n) is 4.08. The highest BCUT2D eigenvalue weighted by Gasteiger charge is 2.37. The van der Waals surface area contributed by atoms with Gasteiger partial charge in [0, 0.05) is 0 Å². The highest BCUT2D eigenvalue weighted by Crippen LogP contribution is 2.29.